The zero-order valence-corrected chi connectivity index (χ0v) is 13.4. The van der Waals surface area contributed by atoms with E-state index < -0.39 is 0 Å². The smallest absolute Gasteiger partial charge is 0.112 e. The van der Waals surface area contributed by atoms with E-state index in [1.54, 1.807) is 0 Å². The highest BCUT2D eigenvalue weighted by molar-refractivity contribution is 5.22. The first-order valence-electron chi connectivity index (χ1n) is 8.76. The molecule has 1 aliphatic heterocycles. The van der Waals surface area contributed by atoms with E-state index in [0.29, 0.717) is 5.92 Å². The molecule has 21 heavy (non-hydrogen) atoms. The molecule has 2 aliphatic rings. The zero-order chi connectivity index (χ0) is 14.5. The van der Waals surface area contributed by atoms with Crippen LogP contribution in [0.1, 0.15) is 68.6 Å². The van der Waals surface area contributed by atoms with Gasteiger partial charge in [0.05, 0.1) is 5.69 Å². The standard InChI is InChI=1S/C17H29N3O/c1-2-21-12-6-11-20-16-9-10-18-13-15(16)19-17(20)14-7-4-3-5-8-14/h14,18H,2-13H2,1H3. The van der Waals surface area contributed by atoms with Crippen LogP contribution >= 0.6 is 0 Å². The summed E-state index contributed by atoms with van der Waals surface area (Å²) in [5.41, 5.74) is 2.80. The second-order valence-electron chi connectivity index (χ2n) is 6.33. The highest BCUT2D eigenvalue weighted by Gasteiger charge is 2.25. The topological polar surface area (TPSA) is 39.1 Å². The Labute approximate surface area is 128 Å². The van der Waals surface area contributed by atoms with Gasteiger partial charge in [0.25, 0.3) is 0 Å². The van der Waals surface area contributed by atoms with Gasteiger partial charge >= 0.3 is 0 Å². The maximum atomic E-state index is 5.52. The maximum absolute atomic E-state index is 5.52. The van der Waals surface area contributed by atoms with Crippen LogP contribution in [-0.2, 0) is 24.2 Å². The highest BCUT2D eigenvalue weighted by Crippen LogP contribution is 2.33. The van der Waals surface area contributed by atoms with E-state index >= 15 is 0 Å². The number of fused-ring (bicyclic) bond motifs is 1. The van der Waals surface area contributed by atoms with E-state index in [1.165, 1.54) is 49.3 Å². The lowest BCUT2D eigenvalue weighted by Gasteiger charge is -2.23. The molecule has 3 rings (SSSR count). The number of hydrogen-bond acceptors (Lipinski definition) is 3. The van der Waals surface area contributed by atoms with Crippen molar-refractivity contribution in [3.05, 3.63) is 17.2 Å². The van der Waals surface area contributed by atoms with Crippen LogP contribution in [0.3, 0.4) is 0 Å². The van der Waals surface area contributed by atoms with Gasteiger partial charge in [-0.2, -0.15) is 0 Å². The minimum absolute atomic E-state index is 0.691. The first-order chi connectivity index (χ1) is 10.4. The summed E-state index contributed by atoms with van der Waals surface area (Å²) in [7, 11) is 0. The van der Waals surface area contributed by atoms with Gasteiger partial charge in [-0.25, -0.2) is 4.98 Å². The molecule has 1 aliphatic carbocycles. The zero-order valence-electron chi connectivity index (χ0n) is 13.4. The van der Waals surface area contributed by atoms with Crippen LogP contribution in [0.4, 0.5) is 0 Å². The number of rotatable bonds is 6. The molecule has 1 N–H and O–H groups in total. The van der Waals surface area contributed by atoms with Gasteiger partial charge in [-0.1, -0.05) is 19.3 Å². The molecule has 0 amide bonds. The summed E-state index contributed by atoms with van der Waals surface area (Å²) in [6, 6.07) is 0. The van der Waals surface area contributed by atoms with Gasteiger partial charge in [-0.15, -0.1) is 0 Å². The summed E-state index contributed by atoms with van der Waals surface area (Å²) < 4.78 is 8.06. The molecular weight excluding hydrogens is 262 g/mol. The predicted molar refractivity (Wildman–Crippen MR) is 84.6 cm³/mol. The molecule has 4 heteroatoms. The van der Waals surface area contributed by atoms with E-state index in [4.69, 9.17) is 9.72 Å². The fourth-order valence-corrected chi connectivity index (χ4v) is 3.78. The molecule has 0 aromatic carbocycles. The molecule has 1 aromatic heterocycles. The number of imidazole rings is 1. The first kappa shape index (κ1) is 15.0. The number of nitrogens with zero attached hydrogens (tertiary/aromatic N) is 2. The van der Waals surface area contributed by atoms with Gasteiger partial charge < -0.3 is 14.6 Å². The lowest BCUT2D eigenvalue weighted by Crippen LogP contribution is -2.25. The third kappa shape index (κ3) is 3.49. The van der Waals surface area contributed by atoms with Gasteiger partial charge in [0.15, 0.2) is 0 Å². The van der Waals surface area contributed by atoms with Crippen molar-refractivity contribution in [1.29, 1.82) is 0 Å². The van der Waals surface area contributed by atoms with E-state index in [2.05, 4.69) is 16.8 Å². The Morgan fingerprint density at radius 2 is 2.14 bits per heavy atom. The summed E-state index contributed by atoms with van der Waals surface area (Å²) in [5, 5.41) is 3.46. The summed E-state index contributed by atoms with van der Waals surface area (Å²) >= 11 is 0. The van der Waals surface area contributed by atoms with Crippen molar-refractivity contribution < 1.29 is 4.74 Å². The molecule has 1 aromatic rings. The second kappa shape index (κ2) is 7.41. The second-order valence-corrected chi connectivity index (χ2v) is 6.33. The minimum Gasteiger partial charge on any atom is -0.382 e. The third-order valence-electron chi connectivity index (χ3n) is 4.86. The monoisotopic (exact) mass is 291 g/mol. The average Bonchev–Trinajstić information content (AvgIpc) is 2.91. The van der Waals surface area contributed by atoms with Crippen LogP contribution in [-0.4, -0.2) is 29.3 Å². The van der Waals surface area contributed by atoms with Crippen LogP contribution in [0, 0.1) is 0 Å². The van der Waals surface area contributed by atoms with Gasteiger partial charge in [0.1, 0.15) is 5.82 Å². The molecule has 2 heterocycles. The van der Waals surface area contributed by atoms with E-state index in [-0.39, 0.29) is 0 Å². The molecular formula is C17H29N3O. The van der Waals surface area contributed by atoms with E-state index in [9.17, 15) is 0 Å². The molecule has 0 saturated heterocycles. The van der Waals surface area contributed by atoms with Crippen molar-refractivity contribution >= 4 is 0 Å². The fraction of sp³-hybridized carbons (Fsp3) is 0.824. The predicted octanol–water partition coefficient (Wildman–Crippen LogP) is 3.00. The average molecular weight is 291 g/mol. The minimum atomic E-state index is 0.691. The summed E-state index contributed by atoms with van der Waals surface area (Å²) in [5.74, 6) is 2.07. The van der Waals surface area contributed by atoms with Crippen LogP contribution in [0.15, 0.2) is 0 Å². The molecule has 118 valence electrons. The molecule has 0 spiro atoms. The summed E-state index contributed by atoms with van der Waals surface area (Å²) in [4.78, 5) is 5.03. The number of nitrogens with one attached hydrogen (secondary N) is 1. The Morgan fingerprint density at radius 3 is 2.95 bits per heavy atom. The van der Waals surface area contributed by atoms with Gasteiger partial charge in [0.2, 0.25) is 0 Å². The van der Waals surface area contributed by atoms with Crippen molar-refractivity contribution in [2.75, 3.05) is 19.8 Å². The van der Waals surface area contributed by atoms with E-state index in [0.717, 1.165) is 45.7 Å². The van der Waals surface area contributed by atoms with Crippen molar-refractivity contribution in [1.82, 2.24) is 14.9 Å². The maximum Gasteiger partial charge on any atom is 0.112 e. The molecule has 0 bridgehead atoms. The molecule has 4 nitrogen and oxygen atoms in total. The van der Waals surface area contributed by atoms with Gasteiger partial charge in [-0.3, -0.25) is 0 Å². The summed E-state index contributed by atoms with van der Waals surface area (Å²) in [6.45, 7) is 6.88. The molecule has 1 fully saturated rings. The van der Waals surface area contributed by atoms with Crippen LogP contribution < -0.4 is 5.32 Å². The summed E-state index contributed by atoms with van der Waals surface area (Å²) in [6.07, 6.45) is 9.04. The Balaban J connectivity index is 1.77. The number of ether oxygens (including phenoxy) is 1. The van der Waals surface area contributed by atoms with Gasteiger partial charge in [0, 0.05) is 50.9 Å². The third-order valence-corrected chi connectivity index (χ3v) is 4.86. The molecule has 1 saturated carbocycles. The Hall–Kier alpha value is -0.870. The largest absolute Gasteiger partial charge is 0.382 e. The first-order valence-corrected chi connectivity index (χ1v) is 8.76. The molecule has 0 atom stereocenters. The van der Waals surface area contributed by atoms with E-state index in [1.807, 2.05) is 0 Å². The Bertz CT molecular complexity index is 449. The SMILES string of the molecule is CCOCCCn1c(C2CCCCC2)nc2c1CCNC2. The Kier molecular flexibility index (Phi) is 5.31. The normalized spacial score (nSPS) is 19.7. The van der Waals surface area contributed by atoms with Crippen molar-refractivity contribution in [3.63, 3.8) is 0 Å². The quantitative estimate of drug-likeness (QED) is 0.819. The Morgan fingerprint density at radius 1 is 1.29 bits per heavy atom. The number of aromatic nitrogens is 2. The van der Waals surface area contributed by atoms with Gasteiger partial charge in [-0.05, 0) is 26.2 Å². The van der Waals surface area contributed by atoms with Crippen LogP contribution in [0.2, 0.25) is 0 Å². The van der Waals surface area contributed by atoms with Crippen LogP contribution in [0.25, 0.3) is 0 Å². The van der Waals surface area contributed by atoms with Crippen LogP contribution in [0.5, 0.6) is 0 Å². The van der Waals surface area contributed by atoms with Crippen molar-refractivity contribution in [2.24, 2.45) is 0 Å². The lowest BCUT2D eigenvalue weighted by atomic mass is 9.88. The molecule has 0 unspecified atom stereocenters. The van der Waals surface area contributed by atoms with Crippen molar-refractivity contribution in [2.45, 2.75) is 70.9 Å². The van der Waals surface area contributed by atoms with Crippen molar-refractivity contribution in [3.8, 4) is 0 Å². The number of hydrogen-bond donors (Lipinski definition) is 1. The lowest BCUT2D eigenvalue weighted by molar-refractivity contribution is 0.141. The molecule has 0 radical (unpaired) electrons. The highest BCUT2D eigenvalue weighted by atomic mass is 16.5. The fourth-order valence-electron chi connectivity index (χ4n) is 3.78.